The number of carbonyl (C=O) groups excluding carboxylic acids is 1. The Morgan fingerprint density at radius 2 is 2.00 bits per heavy atom. The maximum Gasteiger partial charge on any atom is 0.288 e. The van der Waals surface area contributed by atoms with Crippen LogP contribution in [0.25, 0.3) is 0 Å². The molecule has 5 heteroatoms. The third-order valence-electron chi connectivity index (χ3n) is 4.92. The van der Waals surface area contributed by atoms with Crippen LogP contribution in [-0.2, 0) is 0 Å². The van der Waals surface area contributed by atoms with E-state index in [1.54, 1.807) is 0 Å². The lowest BCUT2D eigenvalue weighted by Gasteiger charge is -2.26. The van der Waals surface area contributed by atoms with Crippen molar-refractivity contribution in [1.82, 2.24) is 15.4 Å². The summed E-state index contributed by atoms with van der Waals surface area (Å²) in [7, 11) is 0. The first-order valence-corrected chi connectivity index (χ1v) is 8.98. The van der Waals surface area contributed by atoms with Crippen molar-refractivity contribution in [3.8, 4) is 5.75 Å². The van der Waals surface area contributed by atoms with E-state index in [9.17, 15) is 4.79 Å². The van der Waals surface area contributed by atoms with E-state index in [4.69, 9.17) is 4.74 Å². The summed E-state index contributed by atoms with van der Waals surface area (Å²) in [5.74, 6) is 1.80. The number of nitrogens with zero attached hydrogens (tertiary/aromatic N) is 2. The van der Waals surface area contributed by atoms with Gasteiger partial charge in [0.05, 0.1) is 6.61 Å². The maximum absolute atomic E-state index is 12.6. The number of aromatic nitrogens is 1. The monoisotopic (exact) mass is 315 g/mol. The Balaban J connectivity index is 1.48. The number of ether oxygens (including phenoxy) is 1. The molecule has 23 heavy (non-hydrogen) atoms. The summed E-state index contributed by atoms with van der Waals surface area (Å²) in [6.07, 6.45) is 10.3. The molecule has 124 valence electrons. The summed E-state index contributed by atoms with van der Waals surface area (Å²) < 4.78 is 5.95. The number of nitrogens with one attached hydrogen (secondary N) is 1. The SMILES string of the molecule is O=C(NN1CCCCC1)c1ncc(C2CC2)cc1OCC1CC1. The lowest BCUT2D eigenvalue weighted by Crippen LogP contribution is -2.45. The standard InChI is InChI=1S/C18H25N3O2/c22-18(20-21-8-2-1-3-9-21)17-16(23-12-13-4-5-13)10-15(11-19-17)14-6-7-14/h10-11,13-14H,1-9,12H2,(H,20,22). The molecule has 0 spiro atoms. The molecule has 0 atom stereocenters. The average Bonchev–Trinajstić information content (AvgIpc) is 3.48. The highest BCUT2D eigenvalue weighted by Crippen LogP contribution is 2.41. The zero-order chi connectivity index (χ0) is 15.6. The molecule has 1 N–H and O–H groups in total. The lowest BCUT2D eigenvalue weighted by molar-refractivity contribution is 0.0740. The number of hydrazine groups is 1. The van der Waals surface area contributed by atoms with Crippen LogP contribution in [0, 0.1) is 5.92 Å². The van der Waals surface area contributed by atoms with Gasteiger partial charge in [-0.1, -0.05) is 6.42 Å². The zero-order valence-electron chi connectivity index (χ0n) is 13.6. The summed E-state index contributed by atoms with van der Waals surface area (Å²) in [5, 5.41) is 2.01. The van der Waals surface area contributed by atoms with Crippen LogP contribution in [-0.4, -0.2) is 35.6 Å². The van der Waals surface area contributed by atoms with Crippen molar-refractivity contribution in [3.63, 3.8) is 0 Å². The Morgan fingerprint density at radius 1 is 1.22 bits per heavy atom. The molecule has 3 fully saturated rings. The molecular weight excluding hydrogens is 290 g/mol. The van der Waals surface area contributed by atoms with Crippen LogP contribution in [0.1, 0.15) is 66.9 Å². The second-order valence-corrected chi connectivity index (χ2v) is 7.13. The van der Waals surface area contributed by atoms with Crippen LogP contribution in [0.5, 0.6) is 5.75 Å². The fourth-order valence-electron chi connectivity index (χ4n) is 3.07. The molecule has 4 rings (SSSR count). The maximum atomic E-state index is 12.6. The molecule has 1 saturated heterocycles. The highest BCUT2D eigenvalue weighted by atomic mass is 16.5. The second-order valence-electron chi connectivity index (χ2n) is 7.13. The molecule has 1 amide bonds. The number of rotatable bonds is 6. The fourth-order valence-corrected chi connectivity index (χ4v) is 3.07. The van der Waals surface area contributed by atoms with Gasteiger partial charge in [0.15, 0.2) is 11.4 Å². The van der Waals surface area contributed by atoms with Gasteiger partial charge in [-0.05, 0) is 62.0 Å². The Hall–Kier alpha value is -1.62. The minimum absolute atomic E-state index is 0.139. The first kappa shape index (κ1) is 14.9. The van der Waals surface area contributed by atoms with Crippen LogP contribution in [0.4, 0.5) is 0 Å². The van der Waals surface area contributed by atoms with Crippen molar-refractivity contribution < 1.29 is 9.53 Å². The van der Waals surface area contributed by atoms with Gasteiger partial charge >= 0.3 is 0 Å². The molecule has 0 bridgehead atoms. The van der Waals surface area contributed by atoms with Crippen molar-refractivity contribution in [2.45, 2.75) is 50.9 Å². The molecule has 2 aliphatic carbocycles. The van der Waals surface area contributed by atoms with E-state index < -0.39 is 0 Å². The van der Waals surface area contributed by atoms with Crippen molar-refractivity contribution in [2.24, 2.45) is 5.92 Å². The Bertz CT molecular complexity index is 576. The third-order valence-corrected chi connectivity index (χ3v) is 4.92. The van der Waals surface area contributed by atoms with Crippen molar-refractivity contribution >= 4 is 5.91 Å². The Labute approximate surface area is 137 Å². The number of piperidine rings is 1. The molecule has 3 aliphatic rings. The predicted molar refractivity (Wildman–Crippen MR) is 87.3 cm³/mol. The van der Waals surface area contributed by atoms with Crippen molar-refractivity contribution in [3.05, 3.63) is 23.5 Å². The first-order chi connectivity index (χ1) is 11.3. The zero-order valence-corrected chi connectivity index (χ0v) is 13.6. The third kappa shape index (κ3) is 3.83. The van der Waals surface area contributed by atoms with E-state index in [1.807, 2.05) is 17.3 Å². The van der Waals surface area contributed by atoms with Crippen LogP contribution in [0.2, 0.25) is 0 Å². The van der Waals surface area contributed by atoms with Gasteiger partial charge in [0.25, 0.3) is 5.91 Å². The molecular formula is C18H25N3O2. The number of carbonyl (C=O) groups is 1. The average molecular weight is 315 g/mol. The molecule has 0 aromatic carbocycles. The van der Waals surface area contributed by atoms with Gasteiger partial charge in [0, 0.05) is 19.3 Å². The quantitative estimate of drug-likeness (QED) is 0.877. The van der Waals surface area contributed by atoms with Gasteiger partial charge in [0.1, 0.15) is 0 Å². The Morgan fingerprint density at radius 3 is 2.70 bits per heavy atom. The fraction of sp³-hybridized carbons (Fsp3) is 0.667. The van der Waals surface area contributed by atoms with Gasteiger partial charge in [0.2, 0.25) is 0 Å². The summed E-state index contributed by atoms with van der Waals surface area (Å²) in [5.41, 5.74) is 4.64. The largest absolute Gasteiger partial charge is 0.491 e. The minimum Gasteiger partial charge on any atom is -0.491 e. The minimum atomic E-state index is -0.139. The molecule has 1 aromatic rings. The topological polar surface area (TPSA) is 54.5 Å². The van der Waals surface area contributed by atoms with Crippen molar-refractivity contribution in [2.75, 3.05) is 19.7 Å². The normalized spacial score (nSPS) is 21.9. The summed E-state index contributed by atoms with van der Waals surface area (Å²) >= 11 is 0. The summed E-state index contributed by atoms with van der Waals surface area (Å²) in [4.78, 5) is 17.0. The van der Waals surface area contributed by atoms with Crippen LogP contribution in [0.3, 0.4) is 0 Å². The smallest absolute Gasteiger partial charge is 0.288 e. The highest BCUT2D eigenvalue weighted by Gasteiger charge is 2.28. The van der Waals surface area contributed by atoms with Gasteiger partial charge in [-0.3, -0.25) is 10.2 Å². The molecule has 2 saturated carbocycles. The molecule has 2 heterocycles. The van der Waals surface area contributed by atoms with Gasteiger partial charge in [-0.15, -0.1) is 0 Å². The number of hydrogen-bond donors (Lipinski definition) is 1. The number of hydrogen-bond acceptors (Lipinski definition) is 4. The lowest BCUT2D eigenvalue weighted by atomic mass is 10.1. The van der Waals surface area contributed by atoms with E-state index in [-0.39, 0.29) is 5.91 Å². The summed E-state index contributed by atoms with van der Waals surface area (Å²) in [6.45, 7) is 2.55. The predicted octanol–water partition coefficient (Wildman–Crippen LogP) is 2.88. The van der Waals surface area contributed by atoms with Gasteiger partial charge in [-0.25, -0.2) is 9.99 Å². The number of pyridine rings is 1. The second kappa shape index (κ2) is 6.48. The van der Waals surface area contributed by atoms with Gasteiger partial charge in [-0.2, -0.15) is 0 Å². The molecule has 0 radical (unpaired) electrons. The van der Waals surface area contributed by atoms with Crippen LogP contribution < -0.4 is 10.2 Å². The van der Waals surface area contributed by atoms with Crippen molar-refractivity contribution in [1.29, 1.82) is 0 Å². The molecule has 1 aromatic heterocycles. The Kier molecular flexibility index (Phi) is 4.21. The van der Waals surface area contributed by atoms with E-state index >= 15 is 0 Å². The van der Waals surface area contributed by atoms with Gasteiger partial charge < -0.3 is 4.74 Å². The van der Waals surface area contributed by atoms with Crippen LogP contribution >= 0.6 is 0 Å². The van der Waals surface area contributed by atoms with E-state index in [0.29, 0.717) is 29.9 Å². The van der Waals surface area contributed by atoms with E-state index in [1.165, 1.54) is 37.7 Å². The molecule has 5 nitrogen and oxygen atoms in total. The molecule has 1 aliphatic heterocycles. The highest BCUT2D eigenvalue weighted by molar-refractivity contribution is 5.94. The first-order valence-electron chi connectivity index (χ1n) is 8.98. The summed E-state index contributed by atoms with van der Waals surface area (Å²) in [6, 6.07) is 2.04. The van der Waals surface area contributed by atoms with E-state index in [0.717, 1.165) is 25.9 Å². The molecule has 0 unspecified atom stereocenters. The van der Waals surface area contributed by atoms with Crippen LogP contribution in [0.15, 0.2) is 12.3 Å². The van der Waals surface area contributed by atoms with E-state index in [2.05, 4.69) is 10.4 Å². The number of amides is 1.